The van der Waals surface area contributed by atoms with Crippen LogP contribution in [-0.2, 0) is 12.5 Å². The van der Waals surface area contributed by atoms with Gasteiger partial charge in [-0.05, 0) is 45.3 Å². The summed E-state index contributed by atoms with van der Waals surface area (Å²) in [6.07, 6.45) is 2.21. The van der Waals surface area contributed by atoms with E-state index >= 15 is 0 Å². The molecular weight excluding hydrogens is 365 g/mol. The Labute approximate surface area is 135 Å². The molecule has 20 heavy (non-hydrogen) atoms. The number of aldehydes is 1. The zero-order valence-electron chi connectivity index (χ0n) is 10.3. The van der Waals surface area contributed by atoms with E-state index in [2.05, 4.69) is 20.9 Å². The van der Waals surface area contributed by atoms with E-state index < -0.39 is 0 Å². The van der Waals surface area contributed by atoms with E-state index in [0.717, 1.165) is 15.6 Å². The molecule has 2 aromatic rings. The summed E-state index contributed by atoms with van der Waals surface area (Å²) in [5.74, 6) is 0.766. The lowest BCUT2D eigenvalue weighted by atomic mass is 10.1. The summed E-state index contributed by atoms with van der Waals surface area (Å²) in [5, 5.41) is 0.626. The van der Waals surface area contributed by atoms with Gasteiger partial charge in [0.15, 0.2) is 6.29 Å². The molecule has 0 fully saturated rings. The molecule has 0 aliphatic carbocycles. The van der Waals surface area contributed by atoms with Crippen molar-refractivity contribution in [3.8, 4) is 5.75 Å². The number of ether oxygens (including phenoxy) is 1. The Morgan fingerprint density at radius 1 is 1.35 bits per heavy atom. The van der Waals surface area contributed by atoms with Gasteiger partial charge in [-0.3, -0.25) is 4.79 Å². The Hall–Kier alpha value is -1.10. The van der Waals surface area contributed by atoms with Gasteiger partial charge in [-0.2, -0.15) is 0 Å². The second-order valence-corrected chi connectivity index (χ2v) is 5.59. The summed E-state index contributed by atoms with van der Waals surface area (Å²) in [4.78, 5) is 14.9. The van der Waals surface area contributed by atoms with Crippen molar-refractivity contribution >= 4 is 45.4 Å². The molecule has 0 spiro atoms. The van der Waals surface area contributed by atoms with Gasteiger partial charge in [0.05, 0.1) is 0 Å². The fourth-order valence-electron chi connectivity index (χ4n) is 1.62. The van der Waals surface area contributed by atoms with Crippen molar-refractivity contribution in [1.82, 2.24) is 4.98 Å². The van der Waals surface area contributed by atoms with Crippen LogP contribution in [-0.4, -0.2) is 11.3 Å². The molecule has 0 N–H and O–H groups in total. The molecule has 1 aromatic carbocycles. The standard InChI is InChI=1S/C14H10BrCl2NO2/c15-11-4-14(13(7-19)18-6-11)20-8-9-1-2-12(17)10(3-9)5-16/h1-4,6-7H,5,8H2. The Morgan fingerprint density at radius 3 is 2.85 bits per heavy atom. The number of carbonyl (C=O) groups excluding carboxylic acids is 1. The topological polar surface area (TPSA) is 39.2 Å². The van der Waals surface area contributed by atoms with Crippen molar-refractivity contribution in [3.05, 3.63) is 56.8 Å². The quantitative estimate of drug-likeness (QED) is 0.565. The summed E-state index contributed by atoms with van der Waals surface area (Å²) in [6.45, 7) is 0.306. The summed E-state index contributed by atoms with van der Waals surface area (Å²) < 4.78 is 6.37. The SMILES string of the molecule is O=Cc1ncc(Br)cc1OCc1ccc(Cl)c(CCl)c1. The molecule has 6 heteroatoms. The van der Waals surface area contributed by atoms with Gasteiger partial charge in [-0.1, -0.05) is 17.7 Å². The number of alkyl halides is 1. The number of rotatable bonds is 5. The number of hydrogen-bond acceptors (Lipinski definition) is 3. The minimum Gasteiger partial charge on any atom is -0.486 e. The van der Waals surface area contributed by atoms with Gasteiger partial charge in [0.1, 0.15) is 18.1 Å². The van der Waals surface area contributed by atoms with Crippen LogP contribution in [0.2, 0.25) is 5.02 Å². The third kappa shape index (κ3) is 3.72. The normalized spacial score (nSPS) is 10.3. The van der Waals surface area contributed by atoms with Gasteiger partial charge in [0, 0.05) is 21.6 Å². The monoisotopic (exact) mass is 373 g/mol. The van der Waals surface area contributed by atoms with Gasteiger partial charge in [0.25, 0.3) is 0 Å². The third-order valence-corrected chi connectivity index (χ3v) is 3.70. The van der Waals surface area contributed by atoms with E-state index in [0.29, 0.717) is 29.5 Å². The molecule has 1 heterocycles. The van der Waals surface area contributed by atoms with Crippen LogP contribution >= 0.6 is 39.1 Å². The Kier molecular flexibility index (Phi) is 5.40. The molecule has 0 aliphatic rings. The van der Waals surface area contributed by atoms with E-state index in [1.54, 1.807) is 18.3 Å². The van der Waals surface area contributed by atoms with Crippen LogP contribution in [0.1, 0.15) is 21.6 Å². The highest BCUT2D eigenvalue weighted by molar-refractivity contribution is 9.10. The molecule has 3 nitrogen and oxygen atoms in total. The zero-order chi connectivity index (χ0) is 14.5. The van der Waals surface area contributed by atoms with Gasteiger partial charge < -0.3 is 4.74 Å². The molecule has 0 unspecified atom stereocenters. The Bertz CT molecular complexity index is 635. The number of pyridine rings is 1. The minimum absolute atomic E-state index is 0.264. The van der Waals surface area contributed by atoms with Crippen LogP contribution in [0, 0.1) is 0 Å². The molecule has 0 atom stereocenters. The van der Waals surface area contributed by atoms with E-state index in [4.69, 9.17) is 27.9 Å². The number of nitrogens with zero attached hydrogens (tertiary/aromatic N) is 1. The summed E-state index contributed by atoms with van der Waals surface area (Å²) >= 11 is 15.1. The first kappa shape index (κ1) is 15.3. The zero-order valence-corrected chi connectivity index (χ0v) is 13.4. The molecule has 0 radical (unpaired) electrons. The lowest BCUT2D eigenvalue weighted by Crippen LogP contribution is -2.00. The van der Waals surface area contributed by atoms with Crippen LogP contribution in [0.5, 0.6) is 5.75 Å². The van der Waals surface area contributed by atoms with E-state index in [9.17, 15) is 4.79 Å². The van der Waals surface area contributed by atoms with Crippen molar-refractivity contribution in [2.75, 3.05) is 0 Å². The van der Waals surface area contributed by atoms with Crippen LogP contribution in [0.15, 0.2) is 34.9 Å². The molecule has 0 bridgehead atoms. The molecule has 1 aromatic heterocycles. The summed E-state index contributed by atoms with van der Waals surface area (Å²) in [5.41, 5.74) is 2.03. The van der Waals surface area contributed by atoms with Gasteiger partial charge >= 0.3 is 0 Å². The number of hydrogen-bond donors (Lipinski definition) is 0. The van der Waals surface area contributed by atoms with Crippen molar-refractivity contribution in [1.29, 1.82) is 0 Å². The molecular formula is C14H10BrCl2NO2. The van der Waals surface area contributed by atoms with Crippen molar-refractivity contribution in [2.45, 2.75) is 12.5 Å². The number of halogens is 3. The summed E-state index contributed by atoms with van der Waals surface area (Å²) in [6, 6.07) is 7.21. The van der Waals surface area contributed by atoms with Gasteiger partial charge in [-0.15, -0.1) is 11.6 Å². The molecule has 104 valence electrons. The molecule has 0 amide bonds. The second kappa shape index (κ2) is 7.07. The van der Waals surface area contributed by atoms with Crippen LogP contribution < -0.4 is 4.74 Å². The van der Waals surface area contributed by atoms with Gasteiger partial charge in [-0.25, -0.2) is 4.98 Å². The average Bonchev–Trinajstić information content (AvgIpc) is 2.46. The van der Waals surface area contributed by atoms with Crippen LogP contribution in [0.3, 0.4) is 0 Å². The van der Waals surface area contributed by atoms with Crippen LogP contribution in [0.25, 0.3) is 0 Å². The maximum Gasteiger partial charge on any atom is 0.172 e. The van der Waals surface area contributed by atoms with Crippen molar-refractivity contribution < 1.29 is 9.53 Å². The highest BCUT2D eigenvalue weighted by Gasteiger charge is 2.07. The second-order valence-electron chi connectivity index (χ2n) is 4.00. The van der Waals surface area contributed by atoms with Gasteiger partial charge in [0.2, 0.25) is 0 Å². The van der Waals surface area contributed by atoms with Crippen LogP contribution in [0.4, 0.5) is 0 Å². The highest BCUT2D eigenvalue weighted by atomic mass is 79.9. The van der Waals surface area contributed by atoms with E-state index in [1.807, 2.05) is 12.1 Å². The maximum absolute atomic E-state index is 10.9. The fourth-order valence-corrected chi connectivity index (χ4v) is 2.40. The first-order valence-corrected chi connectivity index (χ1v) is 7.41. The Morgan fingerprint density at radius 2 is 2.15 bits per heavy atom. The molecule has 2 rings (SSSR count). The first-order chi connectivity index (χ1) is 9.63. The number of benzene rings is 1. The predicted molar refractivity (Wildman–Crippen MR) is 82.7 cm³/mol. The average molecular weight is 375 g/mol. The summed E-state index contributed by atoms with van der Waals surface area (Å²) in [7, 11) is 0. The first-order valence-electron chi connectivity index (χ1n) is 5.71. The van der Waals surface area contributed by atoms with E-state index in [-0.39, 0.29) is 5.69 Å². The maximum atomic E-state index is 10.9. The third-order valence-electron chi connectivity index (χ3n) is 2.61. The predicted octanol–water partition coefficient (Wildman–Crippen LogP) is 4.63. The molecule has 0 saturated heterocycles. The largest absolute Gasteiger partial charge is 0.486 e. The number of carbonyl (C=O) groups is 1. The Balaban J connectivity index is 2.16. The molecule has 0 saturated carbocycles. The fraction of sp³-hybridized carbons (Fsp3) is 0.143. The van der Waals surface area contributed by atoms with Crippen molar-refractivity contribution in [2.24, 2.45) is 0 Å². The number of aromatic nitrogens is 1. The lowest BCUT2D eigenvalue weighted by molar-refractivity contribution is 0.111. The smallest absolute Gasteiger partial charge is 0.172 e. The minimum atomic E-state index is 0.264. The highest BCUT2D eigenvalue weighted by Crippen LogP contribution is 2.23. The van der Waals surface area contributed by atoms with E-state index in [1.165, 1.54) is 0 Å². The molecule has 0 aliphatic heterocycles. The lowest BCUT2D eigenvalue weighted by Gasteiger charge is -2.09. The van der Waals surface area contributed by atoms with Crippen molar-refractivity contribution in [3.63, 3.8) is 0 Å².